The topological polar surface area (TPSA) is 101 Å². The molecule has 4 aromatic rings. The number of carbonyl (C=O) groups is 1. The van der Waals surface area contributed by atoms with Crippen LogP contribution in [0.3, 0.4) is 0 Å². The van der Waals surface area contributed by atoms with Gasteiger partial charge in [0.1, 0.15) is 5.69 Å². The number of aryl methyl sites for hydroxylation is 1. The summed E-state index contributed by atoms with van der Waals surface area (Å²) in [7, 11) is 0. The first-order chi connectivity index (χ1) is 15.9. The first-order valence-electron chi connectivity index (χ1n) is 10.3. The van der Waals surface area contributed by atoms with Gasteiger partial charge in [-0.3, -0.25) is 9.59 Å². The monoisotopic (exact) mass is 462 g/mol. The Balaban J connectivity index is 1.44. The molecule has 0 radical (unpaired) electrons. The van der Waals surface area contributed by atoms with E-state index in [1.165, 1.54) is 4.90 Å². The Labute approximate surface area is 193 Å². The first kappa shape index (κ1) is 21.0. The smallest absolute Gasteiger partial charge is 0.278 e. The summed E-state index contributed by atoms with van der Waals surface area (Å²) in [6, 6.07) is 15.5. The lowest BCUT2D eigenvalue weighted by Crippen LogP contribution is -2.37. The Kier molecular flexibility index (Phi) is 5.22. The number of amides is 1. The van der Waals surface area contributed by atoms with E-state index in [0.717, 1.165) is 27.4 Å². The fourth-order valence-corrected chi connectivity index (χ4v) is 4.05. The van der Waals surface area contributed by atoms with Gasteiger partial charge >= 0.3 is 0 Å². The van der Waals surface area contributed by atoms with Crippen molar-refractivity contribution in [3.05, 3.63) is 92.5 Å². The van der Waals surface area contributed by atoms with E-state index in [2.05, 4.69) is 10.3 Å². The van der Waals surface area contributed by atoms with Crippen LogP contribution < -0.4 is 5.56 Å². The number of hydrogen-bond donors (Lipinski definition) is 1. The zero-order valence-corrected chi connectivity index (χ0v) is 18.4. The van der Waals surface area contributed by atoms with E-state index < -0.39 is 17.2 Å². The number of aromatic hydroxyl groups is 1. The molecule has 1 N–H and O–H groups in total. The lowest BCUT2D eigenvalue weighted by molar-refractivity contribution is 0.0720. The molecule has 0 atom stereocenters. The van der Waals surface area contributed by atoms with Crippen LogP contribution in [-0.2, 0) is 13.0 Å². The highest BCUT2D eigenvalue weighted by atomic mass is 35.5. The molecule has 0 spiro atoms. The largest absolute Gasteiger partial charge is 0.505 e. The molecule has 8 nitrogen and oxygen atoms in total. The van der Waals surface area contributed by atoms with Crippen molar-refractivity contribution in [1.29, 1.82) is 0 Å². The first-order valence-corrected chi connectivity index (χ1v) is 10.7. The van der Waals surface area contributed by atoms with Crippen LogP contribution in [0.5, 0.6) is 5.75 Å². The number of benzene rings is 2. The van der Waals surface area contributed by atoms with Gasteiger partial charge in [0.15, 0.2) is 17.2 Å². The third kappa shape index (κ3) is 3.89. The molecule has 166 valence electrons. The Morgan fingerprint density at radius 1 is 1.15 bits per heavy atom. The molecule has 1 amide bonds. The lowest BCUT2D eigenvalue weighted by atomic mass is 10.0. The number of fused-ring (bicyclic) bond motifs is 1. The number of nitrogens with zero attached hydrogens (tertiary/aromatic N) is 4. The molecule has 0 aliphatic carbocycles. The van der Waals surface area contributed by atoms with E-state index in [1.54, 1.807) is 30.3 Å². The summed E-state index contributed by atoms with van der Waals surface area (Å²) in [6.07, 6.45) is 0.529. The number of aromatic nitrogens is 3. The fraction of sp³-hybridized carbons (Fsp3) is 0.167. The van der Waals surface area contributed by atoms with Crippen LogP contribution >= 0.6 is 11.6 Å². The van der Waals surface area contributed by atoms with Crippen LogP contribution in [-0.4, -0.2) is 37.4 Å². The van der Waals surface area contributed by atoms with Gasteiger partial charge in [-0.1, -0.05) is 28.9 Å². The summed E-state index contributed by atoms with van der Waals surface area (Å²) in [5.74, 6) is -0.292. The van der Waals surface area contributed by atoms with Crippen molar-refractivity contribution in [1.82, 2.24) is 19.8 Å². The molecule has 3 heterocycles. The van der Waals surface area contributed by atoms with Gasteiger partial charge in [-0.05, 0) is 55.3 Å². The minimum atomic E-state index is -0.528. The normalized spacial score (nSPS) is 13.1. The maximum absolute atomic E-state index is 13.2. The number of carbonyl (C=O) groups excluding carboxylic acids is 1. The molecule has 2 aromatic carbocycles. The Morgan fingerprint density at radius 2 is 1.94 bits per heavy atom. The van der Waals surface area contributed by atoms with Crippen LogP contribution in [0.25, 0.3) is 17.0 Å². The van der Waals surface area contributed by atoms with E-state index in [-0.39, 0.29) is 12.2 Å². The van der Waals surface area contributed by atoms with Crippen LogP contribution in [0.2, 0.25) is 5.02 Å². The molecule has 2 aromatic heterocycles. The lowest BCUT2D eigenvalue weighted by Gasteiger charge is -2.26. The zero-order valence-electron chi connectivity index (χ0n) is 17.7. The average molecular weight is 463 g/mol. The van der Waals surface area contributed by atoms with Crippen LogP contribution in [0, 0.1) is 6.92 Å². The molecule has 0 saturated heterocycles. The molecule has 0 unspecified atom stereocenters. The summed E-state index contributed by atoms with van der Waals surface area (Å²) in [5.41, 5.74) is 3.17. The molecule has 0 saturated carbocycles. The quantitative estimate of drug-likeness (QED) is 0.497. The van der Waals surface area contributed by atoms with Crippen molar-refractivity contribution in [2.75, 3.05) is 6.54 Å². The third-order valence-corrected chi connectivity index (χ3v) is 5.85. The molecule has 33 heavy (non-hydrogen) atoms. The van der Waals surface area contributed by atoms with Crippen LogP contribution in [0.15, 0.2) is 63.9 Å². The third-order valence-electron chi connectivity index (χ3n) is 5.60. The minimum absolute atomic E-state index is 0.194. The molecular formula is C24H19ClN4O4. The Morgan fingerprint density at radius 3 is 2.70 bits per heavy atom. The predicted octanol–water partition coefficient (Wildman–Crippen LogP) is 3.75. The standard InChI is InChI=1S/C24H19ClN4O4/c1-14-3-2-4-17(11-14)29-21(31)12-20(30)22(26-29)24(32)28-10-9-18-19(13-28)27-33-23(18)15-5-7-16(25)8-6-15/h2-8,11-12,30H,9-10,13H2,1H3. The summed E-state index contributed by atoms with van der Waals surface area (Å²) in [6.45, 7) is 2.48. The van der Waals surface area contributed by atoms with Gasteiger partial charge in [0.05, 0.1) is 12.2 Å². The van der Waals surface area contributed by atoms with Gasteiger partial charge in [0.25, 0.3) is 11.5 Å². The van der Waals surface area contributed by atoms with Gasteiger partial charge in [-0.15, -0.1) is 0 Å². The fourth-order valence-electron chi connectivity index (χ4n) is 3.93. The molecule has 0 fully saturated rings. The van der Waals surface area contributed by atoms with E-state index in [4.69, 9.17) is 16.1 Å². The zero-order chi connectivity index (χ0) is 23.1. The Hall–Kier alpha value is -3.91. The maximum Gasteiger partial charge on any atom is 0.278 e. The van der Waals surface area contributed by atoms with Crippen molar-refractivity contribution in [2.45, 2.75) is 19.9 Å². The van der Waals surface area contributed by atoms with Crippen molar-refractivity contribution < 1.29 is 14.4 Å². The summed E-state index contributed by atoms with van der Waals surface area (Å²) < 4.78 is 6.68. The van der Waals surface area contributed by atoms with Gasteiger partial charge in [-0.25, -0.2) is 0 Å². The summed E-state index contributed by atoms with van der Waals surface area (Å²) >= 11 is 5.97. The molecule has 5 rings (SSSR count). The van der Waals surface area contributed by atoms with Gasteiger partial charge in [0, 0.05) is 28.8 Å². The van der Waals surface area contributed by atoms with Crippen molar-refractivity contribution in [3.63, 3.8) is 0 Å². The minimum Gasteiger partial charge on any atom is -0.505 e. The van der Waals surface area contributed by atoms with Crippen molar-refractivity contribution >= 4 is 17.5 Å². The van der Waals surface area contributed by atoms with E-state index >= 15 is 0 Å². The van der Waals surface area contributed by atoms with E-state index in [9.17, 15) is 14.7 Å². The summed E-state index contributed by atoms with van der Waals surface area (Å²) in [5, 5.41) is 19.3. The van der Waals surface area contributed by atoms with Crippen molar-refractivity contribution in [2.24, 2.45) is 0 Å². The highest BCUT2D eigenvalue weighted by Gasteiger charge is 2.30. The van der Waals surface area contributed by atoms with E-state index in [1.807, 2.05) is 25.1 Å². The number of halogens is 1. The second kappa shape index (κ2) is 8.22. The molecular weight excluding hydrogens is 444 g/mol. The highest BCUT2D eigenvalue weighted by Crippen LogP contribution is 2.31. The van der Waals surface area contributed by atoms with E-state index in [0.29, 0.717) is 35.1 Å². The van der Waals surface area contributed by atoms with Gasteiger partial charge in [0.2, 0.25) is 0 Å². The second-order valence-electron chi connectivity index (χ2n) is 7.89. The molecule has 1 aliphatic heterocycles. The maximum atomic E-state index is 13.2. The highest BCUT2D eigenvalue weighted by molar-refractivity contribution is 6.30. The second-order valence-corrected chi connectivity index (χ2v) is 8.32. The van der Waals surface area contributed by atoms with Crippen LogP contribution in [0.4, 0.5) is 0 Å². The van der Waals surface area contributed by atoms with Crippen LogP contribution in [0.1, 0.15) is 27.3 Å². The Bertz CT molecular complexity index is 1430. The molecule has 9 heteroatoms. The number of rotatable bonds is 3. The van der Waals surface area contributed by atoms with Crippen molar-refractivity contribution in [3.8, 4) is 22.8 Å². The SMILES string of the molecule is Cc1cccc(-n2nc(C(=O)N3CCc4c(noc4-c4ccc(Cl)cc4)C3)c(O)cc2=O)c1. The molecule has 1 aliphatic rings. The number of hydrogen-bond acceptors (Lipinski definition) is 6. The van der Waals surface area contributed by atoms with Gasteiger partial charge in [-0.2, -0.15) is 9.78 Å². The summed E-state index contributed by atoms with van der Waals surface area (Å²) in [4.78, 5) is 27.2. The van der Waals surface area contributed by atoms with Gasteiger partial charge < -0.3 is 14.5 Å². The predicted molar refractivity (Wildman–Crippen MR) is 122 cm³/mol. The average Bonchev–Trinajstić information content (AvgIpc) is 3.22. The molecule has 0 bridgehead atoms.